The van der Waals surface area contributed by atoms with E-state index in [4.69, 9.17) is 0 Å². The third kappa shape index (κ3) is 6.99. The molecule has 0 heterocycles. The van der Waals surface area contributed by atoms with Crippen molar-refractivity contribution in [2.24, 2.45) is 0 Å². The summed E-state index contributed by atoms with van der Waals surface area (Å²) < 4.78 is 0. The van der Waals surface area contributed by atoms with E-state index >= 15 is 0 Å². The van der Waals surface area contributed by atoms with Gasteiger partial charge in [0, 0.05) is 6.54 Å². The van der Waals surface area contributed by atoms with E-state index in [1.807, 2.05) is 0 Å². The van der Waals surface area contributed by atoms with Crippen molar-refractivity contribution in [2.75, 3.05) is 13.1 Å². The summed E-state index contributed by atoms with van der Waals surface area (Å²) in [7, 11) is 0. The number of hydrogen-bond acceptors (Lipinski definition) is 3. The predicted molar refractivity (Wildman–Crippen MR) is 47.0 cm³/mol. The number of ketones is 1. The van der Waals surface area contributed by atoms with E-state index in [0.29, 0.717) is 6.54 Å². The van der Waals surface area contributed by atoms with Crippen molar-refractivity contribution in [3.63, 3.8) is 0 Å². The number of carbonyl (C=O) groups is 3. The minimum Gasteiger partial charge on any atom is -0.355 e. The standard InChI is InChI=1S/C8H14N2O3/c1-3-9-8(13)5-10-7(12)4-6(2)11/h3-5H2,1-2H3,(H,9,13)(H,10,12). The number of likely N-dealkylation sites (N-methyl/N-ethyl adjacent to an activating group) is 1. The summed E-state index contributed by atoms with van der Waals surface area (Å²) in [5, 5.41) is 4.84. The van der Waals surface area contributed by atoms with E-state index in [1.165, 1.54) is 6.92 Å². The van der Waals surface area contributed by atoms with Crippen molar-refractivity contribution in [1.29, 1.82) is 0 Å². The van der Waals surface area contributed by atoms with Crippen LogP contribution in [0.25, 0.3) is 0 Å². The largest absolute Gasteiger partial charge is 0.355 e. The molecule has 0 aromatic carbocycles. The van der Waals surface area contributed by atoms with Gasteiger partial charge in [-0.05, 0) is 13.8 Å². The predicted octanol–water partition coefficient (Wildman–Crippen LogP) is -0.782. The minimum absolute atomic E-state index is 0.0695. The molecule has 0 aromatic heterocycles. The van der Waals surface area contributed by atoms with Crippen molar-refractivity contribution in [1.82, 2.24) is 10.6 Å². The Labute approximate surface area is 76.9 Å². The third-order valence-corrected chi connectivity index (χ3v) is 1.23. The van der Waals surface area contributed by atoms with E-state index in [9.17, 15) is 14.4 Å². The summed E-state index contributed by atoms with van der Waals surface area (Å²) in [4.78, 5) is 32.1. The zero-order chi connectivity index (χ0) is 10.3. The van der Waals surface area contributed by atoms with Crippen molar-refractivity contribution >= 4 is 17.6 Å². The van der Waals surface area contributed by atoms with Gasteiger partial charge in [0.2, 0.25) is 11.8 Å². The van der Waals surface area contributed by atoms with Gasteiger partial charge in [-0.1, -0.05) is 0 Å². The minimum atomic E-state index is -0.418. The van der Waals surface area contributed by atoms with Crippen LogP contribution in [-0.2, 0) is 14.4 Å². The van der Waals surface area contributed by atoms with Crippen molar-refractivity contribution in [3.05, 3.63) is 0 Å². The zero-order valence-electron chi connectivity index (χ0n) is 7.85. The highest BCUT2D eigenvalue weighted by Crippen LogP contribution is 1.80. The van der Waals surface area contributed by atoms with Crippen LogP contribution >= 0.6 is 0 Å². The molecule has 0 bridgehead atoms. The van der Waals surface area contributed by atoms with Crippen molar-refractivity contribution in [2.45, 2.75) is 20.3 Å². The second-order valence-electron chi connectivity index (χ2n) is 2.61. The summed E-state index contributed by atoms with van der Waals surface area (Å²) in [6.07, 6.45) is -0.167. The second-order valence-corrected chi connectivity index (χ2v) is 2.61. The van der Waals surface area contributed by atoms with Crippen LogP contribution in [-0.4, -0.2) is 30.7 Å². The lowest BCUT2D eigenvalue weighted by molar-refractivity contribution is -0.129. The SMILES string of the molecule is CCNC(=O)CNC(=O)CC(C)=O. The fourth-order valence-corrected chi connectivity index (χ4v) is 0.727. The lowest BCUT2D eigenvalue weighted by atomic mass is 10.3. The lowest BCUT2D eigenvalue weighted by Gasteiger charge is -2.03. The Balaban J connectivity index is 3.58. The number of nitrogens with one attached hydrogen (secondary N) is 2. The zero-order valence-corrected chi connectivity index (χ0v) is 7.85. The van der Waals surface area contributed by atoms with Crippen LogP contribution in [0.15, 0.2) is 0 Å². The van der Waals surface area contributed by atoms with E-state index < -0.39 is 5.91 Å². The fourth-order valence-electron chi connectivity index (χ4n) is 0.727. The van der Waals surface area contributed by atoms with Gasteiger partial charge in [0.15, 0.2) is 0 Å². The topological polar surface area (TPSA) is 75.3 Å². The van der Waals surface area contributed by atoms with Crippen LogP contribution < -0.4 is 10.6 Å². The molecule has 0 aromatic rings. The number of Topliss-reactive ketones (excluding diaryl/α,β-unsaturated/α-hetero) is 1. The van der Waals surface area contributed by atoms with E-state index in [1.54, 1.807) is 6.92 Å². The molecule has 0 saturated carbocycles. The van der Waals surface area contributed by atoms with Gasteiger partial charge in [-0.2, -0.15) is 0 Å². The maximum Gasteiger partial charge on any atom is 0.239 e. The molecular weight excluding hydrogens is 172 g/mol. The van der Waals surface area contributed by atoms with Crippen LogP contribution in [0, 0.1) is 0 Å². The first-order chi connectivity index (χ1) is 6.06. The number of rotatable bonds is 5. The molecule has 5 heteroatoms. The molecular formula is C8H14N2O3. The molecule has 0 spiro atoms. The Morgan fingerprint density at radius 1 is 1.08 bits per heavy atom. The lowest BCUT2D eigenvalue weighted by Crippen LogP contribution is -2.37. The highest BCUT2D eigenvalue weighted by molar-refractivity contribution is 5.97. The second kappa shape index (κ2) is 6.16. The molecule has 0 radical (unpaired) electrons. The first-order valence-electron chi connectivity index (χ1n) is 4.09. The van der Waals surface area contributed by atoms with Gasteiger partial charge < -0.3 is 10.6 Å². The maximum absolute atomic E-state index is 10.9. The van der Waals surface area contributed by atoms with E-state index in [0.717, 1.165) is 0 Å². The monoisotopic (exact) mass is 186 g/mol. The van der Waals surface area contributed by atoms with Gasteiger partial charge in [-0.25, -0.2) is 0 Å². The Hall–Kier alpha value is -1.39. The quantitative estimate of drug-likeness (QED) is 0.553. The molecule has 0 aliphatic rings. The van der Waals surface area contributed by atoms with Crippen molar-refractivity contribution in [3.8, 4) is 0 Å². The summed E-state index contributed by atoms with van der Waals surface area (Å²) in [5.74, 6) is -0.883. The number of amides is 2. The molecule has 13 heavy (non-hydrogen) atoms. The summed E-state index contributed by atoms with van der Waals surface area (Å²) in [5.41, 5.74) is 0. The van der Waals surface area contributed by atoms with Gasteiger partial charge in [-0.3, -0.25) is 14.4 Å². The molecule has 2 amide bonds. The highest BCUT2D eigenvalue weighted by atomic mass is 16.2. The Morgan fingerprint density at radius 3 is 2.15 bits per heavy atom. The summed E-state index contributed by atoms with van der Waals surface area (Å²) in [6, 6.07) is 0. The molecule has 0 atom stereocenters. The van der Waals surface area contributed by atoms with E-state index in [-0.39, 0.29) is 24.7 Å². The van der Waals surface area contributed by atoms with Gasteiger partial charge in [0.1, 0.15) is 5.78 Å². The van der Waals surface area contributed by atoms with Gasteiger partial charge in [0.05, 0.1) is 13.0 Å². The molecule has 0 saturated heterocycles. The Morgan fingerprint density at radius 2 is 1.69 bits per heavy atom. The Kier molecular flexibility index (Phi) is 5.50. The molecule has 0 aliphatic heterocycles. The fraction of sp³-hybridized carbons (Fsp3) is 0.625. The molecule has 0 unspecified atom stereocenters. The summed E-state index contributed by atoms with van der Waals surface area (Å²) in [6.45, 7) is 3.57. The molecule has 0 fully saturated rings. The van der Waals surface area contributed by atoms with Crippen LogP contribution in [0.2, 0.25) is 0 Å². The average molecular weight is 186 g/mol. The van der Waals surface area contributed by atoms with Crippen LogP contribution in [0.4, 0.5) is 0 Å². The summed E-state index contributed by atoms with van der Waals surface area (Å²) >= 11 is 0. The highest BCUT2D eigenvalue weighted by Gasteiger charge is 2.06. The number of carbonyl (C=O) groups excluding carboxylic acids is 3. The molecule has 0 rings (SSSR count). The molecule has 5 nitrogen and oxygen atoms in total. The maximum atomic E-state index is 10.9. The first-order valence-corrected chi connectivity index (χ1v) is 4.09. The van der Waals surface area contributed by atoms with Crippen LogP contribution in [0.1, 0.15) is 20.3 Å². The van der Waals surface area contributed by atoms with Gasteiger partial charge in [0.25, 0.3) is 0 Å². The Bertz CT molecular complexity index is 213. The van der Waals surface area contributed by atoms with Gasteiger partial charge >= 0.3 is 0 Å². The first kappa shape index (κ1) is 11.6. The normalized spacial score (nSPS) is 9.08. The molecule has 74 valence electrons. The average Bonchev–Trinajstić information content (AvgIpc) is 2.00. The third-order valence-electron chi connectivity index (χ3n) is 1.23. The van der Waals surface area contributed by atoms with Crippen molar-refractivity contribution < 1.29 is 14.4 Å². The van der Waals surface area contributed by atoms with Gasteiger partial charge in [-0.15, -0.1) is 0 Å². The van der Waals surface area contributed by atoms with Crippen LogP contribution in [0.5, 0.6) is 0 Å². The van der Waals surface area contributed by atoms with E-state index in [2.05, 4.69) is 10.6 Å². The molecule has 2 N–H and O–H groups in total. The number of hydrogen-bond donors (Lipinski definition) is 2. The van der Waals surface area contributed by atoms with Crippen LogP contribution in [0.3, 0.4) is 0 Å². The molecule has 0 aliphatic carbocycles. The smallest absolute Gasteiger partial charge is 0.239 e.